The summed E-state index contributed by atoms with van der Waals surface area (Å²) in [6.45, 7) is 4.19. The SMILES string of the molecule is CCCCCCC=COc1ccc2c(O)c(OCC)c(=O)oc2c1. The van der Waals surface area contributed by atoms with Gasteiger partial charge in [0.05, 0.1) is 18.3 Å². The second-order valence-electron chi connectivity index (χ2n) is 5.50. The monoisotopic (exact) mass is 332 g/mol. The van der Waals surface area contributed by atoms with Crippen LogP contribution in [0.5, 0.6) is 17.2 Å². The summed E-state index contributed by atoms with van der Waals surface area (Å²) >= 11 is 0. The molecule has 5 nitrogen and oxygen atoms in total. The summed E-state index contributed by atoms with van der Waals surface area (Å²) in [5.74, 6) is 0.172. The zero-order valence-electron chi connectivity index (χ0n) is 14.2. The predicted octanol–water partition coefficient (Wildman–Crippen LogP) is 4.76. The van der Waals surface area contributed by atoms with Gasteiger partial charge in [0, 0.05) is 6.07 Å². The van der Waals surface area contributed by atoms with E-state index in [0.29, 0.717) is 11.1 Å². The van der Waals surface area contributed by atoms with E-state index in [0.717, 1.165) is 12.8 Å². The normalized spacial score (nSPS) is 11.2. The highest BCUT2D eigenvalue weighted by Gasteiger charge is 2.15. The summed E-state index contributed by atoms with van der Waals surface area (Å²) in [7, 11) is 0. The molecule has 0 spiro atoms. The van der Waals surface area contributed by atoms with Crippen LogP contribution in [0.4, 0.5) is 0 Å². The molecule has 0 saturated heterocycles. The fraction of sp³-hybridized carbons (Fsp3) is 0.421. The molecule has 1 N–H and O–H groups in total. The first-order valence-electron chi connectivity index (χ1n) is 8.41. The summed E-state index contributed by atoms with van der Waals surface area (Å²) in [6, 6.07) is 4.92. The van der Waals surface area contributed by atoms with Crippen LogP contribution in [0.2, 0.25) is 0 Å². The first-order chi connectivity index (χ1) is 11.7. The molecule has 0 saturated carbocycles. The Morgan fingerprint density at radius 1 is 1.21 bits per heavy atom. The van der Waals surface area contributed by atoms with Crippen molar-refractivity contribution < 1.29 is 19.0 Å². The first-order valence-corrected chi connectivity index (χ1v) is 8.41. The third-order valence-electron chi connectivity index (χ3n) is 3.62. The largest absolute Gasteiger partial charge is 0.504 e. The lowest BCUT2D eigenvalue weighted by molar-refractivity contribution is 0.301. The Kier molecular flexibility index (Phi) is 6.73. The molecule has 0 aliphatic carbocycles. The van der Waals surface area contributed by atoms with E-state index in [9.17, 15) is 9.90 Å². The summed E-state index contributed by atoms with van der Waals surface area (Å²) in [5, 5.41) is 10.5. The van der Waals surface area contributed by atoms with Crippen LogP contribution in [0.15, 0.2) is 39.7 Å². The Labute approximate surface area is 141 Å². The predicted molar refractivity (Wildman–Crippen MR) is 93.8 cm³/mol. The fourth-order valence-electron chi connectivity index (χ4n) is 2.38. The molecule has 0 amide bonds. The molecular weight excluding hydrogens is 308 g/mol. The Hall–Kier alpha value is -2.43. The quantitative estimate of drug-likeness (QED) is 0.407. The lowest BCUT2D eigenvalue weighted by atomic mass is 10.1. The van der Waals surface area contributed by atoms with Crippen molar-refractivity contribution in [1.29, 1.82) is 0 Å². The minimum Gasteiger partial charge on any atom is -0.504 e. The third-order valence-corrected chi connectivity index (χ3v) is 3.62. The van der Waals surface area contributed by atoms with E-state index in [1.54, 1.807) is 31.4 Å². The van der Waals surface area contributed by atoms with Crippen molar-refractivity contribution in [3.8, 4) is 17.2 Å². The molecule has 2 rings (SSSR count). The van der Waals surface area contributed by atoms with Gasteiger partial charge in [-0.2, -0.15) is 0 Å². The zero-order chi connectivity index (χ0) is 17.4. The molecule has 1 heterocycles. The van der Waals surface area contributed by atoms with Crippen LogP contribution in [-0.2, 0) is 0 Å². The summed E-state index contributed by atoms with van der Waals surface area (Å²) in [6.07, 6.45) is 9.44. The van der Waals surface area contributed by atoms with Crippen molar-refractivity contribution in [3.63, 3.8) is 0 Å². The maximum absolute atomic E-state index is 11.8. The topological polar surface area (TPSA) is 68.9 Å². The third kappa shape index (κ3) is 4.54. The molecule has 5 heteroatoms. The van der Waals surface area contributed by atoms with E-state index in [1.165, 1.54) is 19.3 Å². The second-order valence-corrected chi connectivity index (χ2v) is 5.50. The first kappa shape index (κ1) is 17.9. The van der Waals surface area contributed by atoms with E-state index in [4.69, 9.17) is 13.9 Å². The van der Waals surface area contributed by atoms with Crippen LogP contribution in [-0.4, -0.2) is 11.7 Å². The van der Waals surface area contributed by atoms with E-state index < -0.39 is 5.63 Å². The Morgan fingerprint density at radius 3 is 2.79 bits per heavy atom. The van der Waals surface area contributed by atoms with Gasteiger partial charge in [0.2, 0.25) is 5.75 Å². The smallest absolute Gasteiger partial charge is 0.383 e. The van der Waals surface area contributed by atoms with Crippen LogP contribution < -0.4 is 15.1 Å². The van der Waals surface area contributed by atoms with Gasteiger partial charge < -0.3 is 19.0 Å². The lowest BCUT2D eigenvalue weighted by Gasteiger charge is -2.07. The highest BCUT2D eigenvalue weighted by molar-refractivity contribution is 5.86. The number of fused-ring (bicyclic) bond motifs is 1. The van der Waals surface area contributed by atoms with Gasteiger partial charge in [-0.05, 0) is 38.0 Å². The van der Waals surface area contributed by atoms with E-state index in [2.05, 4.69) is 6.92 Å². The number of benzene rings is 1. The van der Waals surface area contributed by atoms with Gasteiger partial charge in [-0.3, -0.25) is 0 Å². The molecule has 0 radical (unpaired) electrons. The molecule has 0 aliphatic rings. The molecule has 0 atom stereocenters. The molecular formula is C19H24O5. The average Bonchev–Trinajstić information content (AvgIpc) is 2.57. The van der Waals surface area contributed by atoms with Crippen molar-refractivity contribution in [3.05, 3.63) is 41.0 Å². The van der Waals surface area contributed by atoms with E-state index in [-0.39, 0.29) is 23.7 Å². The van der Waals surface area contributed by atoms with Crippen molar-refractivity contribution in [2.75, 3.05) is 6.61 Å². The molecule has 0 aliphatic heterocycles. The van der Waals surface area contributed by atoms with Gasteiger partial charge in [0.1, 0.15) is 11.3 Å². The molecule has 0 fully saturated rings. The average molecular weight is 332 g/mol. The van der Waals surface area contributed by atoms with Crippen LogP contribution in [0.1, 0.15) is 46.0 Å². The van der Waals surface area contributed by atoms with Gasteiger partial charge in [-0.15, -0.1) is 0 Å². The van der Waals surface area contributed by atoms with Crippen molar-refractivity contribution >= 4 is 11.0 Å². The molecule has 24 heavy (non-hydrogen) atoms. The highest BCUT2D eigenvalue weighted by Crippen LogP contribution is 2.33. The Bertz CT molecular complexity index is 745. The number of allylic oxidation sites excluding steroid dienone is 1. The van der Waals surface area contributed by atoms with Crippen molar-refractivity contribution in [2.45, 2.75) is 46.0 Å². The fourth-order valence-corrected chi connectivity index (χ4v) is 2.38. The van der Waals surface area contributed by atoms with Crippen LogP contribution in [0.25, 0.3) is 11.0 Å². The van der Waals surface area contributed by atoms with Crippen molar-refractivity contribution in [1.82, 2.24) is 0 Å². The standard InChI is InChI=1S/C19H24O5/c1-3-5-6-7-8-9-12-23-14-10-11-15-16(13-14)24-19(21)18(17(15)20)22-4-2/h9-13,20H,3-8H2,1-2H3. The molecule has 1 aromatic heterocycles. The zero-order valence-corrected chi connectivity index (χ0v) is 14.2. The van der Waals surface area contributed by atoms with Gasteiger partial charge in [0.15, 0.2) is 5.75 Å². The van der Waals surface area contributed by atoms with Gasteiger partial charge in [0.25, 0.3) is 0 Å². The highest BCUT2D eigenvalue weighted by atomic mass is 16.5. The van der Waals surface area contributed by atoms with Crippen molar-refractivity contribution in [2.24, 2.45) is 0 Å². The van der Waals surface area contributed by atoms with E-state index >= 15 is 0 Å². The molecule has 130 valence electrons. The summed E-state index contributed by atoms with van der Waals surface area (Å²) in [5.41, 5.74) is -0.444. The molecule has 0 bridgehead atoms. The minimum absolute atomic E-state index is 0.161. The van der Waals surface area contributed by atoms with Crippen LogP contribution >= 0.6 is 0 Å². The Morgan fingerprint density at radius 2 is 2.04 bits per heavy atom. The number of hydrogen-bond acceptors (Lipinski definition) is 5. The maximum Gasteiger partial charge on any atom is 0.383 e. The van der Waals surface area contributed by atoms with Gasteiger partial charge in [-0.1, -0.05) is 26.2 Å². The number of hydrogen-bond donors (Lipinski definition) is 1. The number of rotatable bonds is 9. The lowest BCUT2D eigenvalue weighted by Crippen LogP contribution is -2.06. The van der Waals surface area contributed by atoms with E-state index in [1.807, 2.05) is 6.08 Å². The maximum atomic E-state index is 11.8. The molecule has 2 aromatic rings. The molecule has 0 unspecified atom stereocenters. The van der Waals surface area contributed by atoms with Gasteiger partial charge in [-0.25, -0.2) is 4.79 Å². The summed E-state index contributed by atoms with van der Waals surface area (Å²) < 4.78 is 15.8. The number of aromatic hydroxyl groups is 1. The number of unbranched alkanes of at least 4 members (excludes halogenated alkanes) is 4. The number of ether oxygens (including phenoxy) is 2. The minimum atomic E-state index is -0.703. The second kappa shape index (κ2) is 9.01. The Balaban J connectivity index is 2.07. The molecule has 1 aromatic carbocycles. The van der Waals surface area contributed by atoms with Crippen LogP contribution in [0, 0.1) is 0 Å². The van der Waals surface area contributed by atoms with Crippen LogP contribution in [0.3, 0.4) is 0 Å². The van der Waals surface area contributed by atoms with Gasteiger partial charge >= 0.3 is 5.63 Å². The summed E-state index contributed by atoms with van der Waals surface area (Å²) in [4.78, 5) is 11.8.